The molecule has 0 aliphatic carbocycles. The number of benzene rings is 2. The Morgan fingerprint density at radius 3 is 2.57 bits per heavy atom. The first-order valence-electron chi connectivity index (χ1n) is 6.05. The predicted molar refractivity (Wildman–Crippen MR) is 76.8 cm³/mol. The van der Waals surface area contributed by atoms with Crippen LogP contribution >= 0.6 is 11.8 Å². The fraction of sp³-hybridized carbons (Fsp3) is 0.133. The molecule has 0 unspecified atom stereocenters. The largest absolute Gasteiger partial charge is 0.446 e. The van der Waals surface area contributed by atoms with E-state index in [0.29, 0.717) is 17.8 Å². The van der Waals surface area contributed by atoms with Gasteiger partial charge in [0.2, 0.25) is 0 Å². The number of thioether (sulfide) groups is 1. The molecule has 2 aromatic rings. The van der Waals surface area contributed by atoms with Gasteiger partial charge in [0.05, 0.1) is 11.6 Å². The second-order valence-corrected chi connectivity index (χ2v) is 5.32. The van der Waals surface area contributed by atoms with Crippen LogP contribution in [0.3, 0.4) is 0 Å². The first kappa shape index (κ1) is 15.3. The fourth-order valence-corrected chi connectivity index (χ4v) is 2.42. The van der Waals surface area contributed by atoms with Gasteiger partial charge in [0, 0.05) is 17.1 Å². The van der Waals surface area contributed by atoms with Crippen LogP contribution in [0.2, 0.25) is 0 Å². The zero-order valence-electron chi connectivity index (χ0n) is 10.8. The molecule has 0 saturated heterocycles. The number of halogens is 3. The number of nitriles is 1. The first-order chi connectivity index (χ1) is 9.98. The molecule has 0 fully saturated rings. The number of nitrogens with one attached hydrogen (secondary N) is 1. The van der Waals surface area contributed by atoms with Crippen LogP contribution in [0.1, 0.15) is 11.1 Å². The number of hydrogen-bond acceptors (Lipinski definition) is 3. The molecule has 0 spiro atoms. The number of anilines is 1. The molecule has 0 aromatic heterocycles. The zero-order chi connectivity index (χ0) is 15.3. The molecule has 2 aromatic carbocycles. The van der Waals surface area contributed by atoms with Crippen molar-refractivity contribution in [2.24, 2.45) is 0 Å². The van der Waals surface area contributed by atoms with E-state index in [2.05, 4.69) is 5.32 Å². The molecule has 0 aliphatic rings. The van der Waals surface area contributed by atoms with Gasteiger partial charge in [0.1, 0.15) is 0 Å². The maximum atomic E-state index is 12.5. The van der Waals surface area contributed by atoms with Crippen LogP contribution in [0.5, 0.6) is 0 Å². The average molecular weight is 308 g/mol. The van der Waals surface area contributed by atoms with Crippen molar-refractivity contribution in [3.05, 3.63) is 59.7 Å². The van der Waals surface area contributed by atoms with E-state index in [0.717, 1.165) is 5.56 Å². The summed E-state index contributed by atoms with van der Waals surface area (Å²) in [6.45, 7) is 0.352. The summed E-state index contributed by atoms with van der Waals surface area (Å²) in [5.41, 5.74) is -2.55. The summed E-state index contributed by atoms with van der Waals surface area (Å²) in [5, 5.41) is 11.8. The van der Waals surface area contributed by atoms with Crippen molar-refractivity contribution in [3.63, 3.8) is 0 Å². The summed E-state index contributed by atoms with van der Waals surface area (Å²) >= 11 is -0.145. The van der Waals surface area contributed by atoms with Gasteiger partial charge in [0.25, 0.3) is 0 Å². The third kappa shape index (κ3) is 4.72. The van der Waals surface area contributed by atoms with Crippen molar-refractivity contribution >= 4 is 17.4 Å². The molecule has 0 radical (unpaired) electrons. The fourth-order valence-electron chi connectivity index (χ4n) is 1.77. The first-order valence-corrected chi connectivity index (χ1v) is 6.87. The lowest BCUT2D eigenvalue weighted by atomic mass is 10.1. The zero-order valence-corrected chi connectivity index (χ0v) is 11.6. The summed E-state index contributed by atoms with van der Waals surface area (Å²) in [7, 11) is 0. The molecule has 108 valence electrons. The Morgan fingerprint density at radius 2 is 1.86 bits per heavy atom. The second kappa shape index (κ2) is 6.55. The van der Waals surface area contributed by atoms with E-state index < -0.39 is 5.51 Å². The topological polar surface area (TPSA) is 35.8 Å². The minimum atomic E-state index is -4.32. The monoisotopic (exact) mass is 308 g/mol. The van der Waals surface area contributed by atoms with Crippen LogP contribution in [-0.2, 0) is 6.54 Å². The summed E-state index contributed by atoms with van der Waals surface area (Å²) in [6.07, 6.45) is 0. The van der Waals surface area contributed by atoms with Gasteiger partial charge in [-0.05, 0) is 41.6 Å². The van der Waals surface area contributed by atoms with Gasteiger partial charge >= 0.3 is 5.51 Å². The van der Waals surface area contributed by atoms with Gasteiger partial charge in [-0.2, -0.15) is 18.4 Å². The van der Waals surface area contributed by atoms with Crippen molar-refractivity contribution in [1.29, 1.82) is 5.26 Å². The molecular formula is C15H11F3N2S. The summed E-state index contributed by atoms with van der Waals surface area (Å²) in [6, 6.07) is 15.2. The summed E-state index contributed by atoms with van der Waals surface area (Å²) in [4.78, 5) is 0.126. The molecule has 0 heterocycles. The number of hydrogen-bond donors (Lipinski definition) is 1. The lowest BCUT2D eigenvalue weighted by Crippen LogP contribution is -2.04. The van der Waals surface area contributed by atoms with E-state index in [4.69, 9.17) is 5.26 Å². The van der Waals surface area contributed by atoms with E-state index in [9.17, 15) is 13.2 Å². The quantitative estimate of drug-likeness (QED) is 0.825. The van der Waals surface area contributed by atoms with Crippen LogP contribution in [0, 0.1) is 11.3 Å². The predicted octanol–water partition coefficient (Wildman–Crippen LogP) is 4.78. The van der Waals surface area contributed by atoms with Gasteiger partial charge in [-0.3, -0.25) is 0 Å². The van der Waals surface area contributed by atoms with E-state index in [1.807, 2.05) is 12.1 Å². The van der Waals surface area contributed by atoms with Crippen LogP contribution in [0.25, 0.3) is 0 Å². The highest BCUT2D eigenvalue weighted by Gasteiger charge is 2.30. The van der Waals surface area contributed by atoms with Crippen LogP contribution in [0.4, 0.5) is 18.9 Å². The van der Waals surface area contributed by atoms with Crippen LogP contribution < -0.4 is 5.32 Å². The normalized spacial score (nSPS) is 11.0. The van der Waals surface area contributed by atoms with Crippen molar-refractivity contribution < 1.29 is 13.2 Å². The van der Waals surface area contributed by atoms with E-state index in [1.54, 1.807) is 36.4 Å². The lowest BCUT2D eigenvalue weighted by Gasteiger charge is -2.13. The Labute approximate surface area is 124 Å². The highest BCUT2D eigenvalue weighted by molar-refractivity contribution is 8.00. The number of alkyl halides is 3. The molecular weight excluding hydrogens is 297 g/mol. The Bertz CT molecular complexity index is 662. The number of nitrogens with zero attached hydrogens (tertiary/aromatic N) is 1. The van der Waals surface area contributed by atoms with E-state index >= 15 is 0 Å². The second-order valence-electron chi connectivity index (χ2n) is 4.21. The van der Waals surface area contributed by atoms with Crippen LogP contribution in [-0.4, -0.2) is 5.51 Å². The third-order valence-electron chi connectivity index (χ3n) is 2.65. The molecule has 0 amide bonds. The maximum absolute atomic E-state index is 12.5. The van der Waals surface area contributed by atoms with Gasteiger partial charge in [-0.25, -0.2) is 0 Å². The molecule has 1 N–H and O–H groups in total. The summed E-state index contributed by atoms with van der Waals surface area (Å²) < 4.78 is 37.4. The van der Waals surface area contributed by atoms with E-state index in [-0.39, 0.29) is 16.7 Å². The van der Waals surface area contributed by atoms with Gasteiger partial charge in [-0.15, -0.1) is 0 Å². The van der Waals surface area contributed by atoms with E-state index in [1.165, 1.54) is 6.07 Å². The number of rotatable bonds is 4. The lowest BCUT2D eigenvalue weighted by molar-refractivity contribution is -0.0327. The SMILES string of the molecule is N#Cc1cccc(CNc2ccccc2SC(F)(F)F)c1. The Kier molecular flexibility index (Phi) is 4.76. The molecule has 0 atom stereocenters. The van der Waals surface area contributed by atoms with Crippen molar-refractivity contribution in [3.8, 4) is 6.07 Å². The van der Waals surface area contributed by atoms with Gasteiger partial charge < -0.3 is 5.32 Å². The van der Waals surface area contributed by atoms with Crippen molar-refractivity contribution in [1.82, 2.24) is 0 Å². The molecule has 0 saturated carbocycles. The minimum Gasteiger partial charge on any atom is -0.380 e. The highest BCUT2D eigenvalue weighted by atomic mass is 32.2. The van der Waals surface area contributed by atoms with Crippen molar-refractivity contribution in [2.75, 3.05) is 5.32 Å². The molecule has 0 bridgehead atoms. The van der Waals surface area contributed by atoms with Crippen molar-refractivity contribution in [2.45, 2.75) is 16.9 Å². The third-order valence-corrected chi connectivity index (χ3v) is 3.46. The standard InChI is InChI=1S/C15H11F3N2S/c16-15(17,18)21-14-7-2-1-6-13(14)20-10-12-5-3-4-11(8-12)9-19/h1-8,20H,10H2. The van der Waals surface area contributed by atoms with Gasteiger partial charge in [0.15, 0.2) is 0 Å². The molecule has 2 rings (SSSR count). The smallest absolute Gasteiger partial charge is 0.380 e. The molecule has 2 nitrogen and oxygen atoms in total. The Morgan fingerprint density at radius 1 is 1.10 bits per heavy atom. The maximum Gasteiger partial charge on any atom is 0.446 e. The van der Waals surface area contributed by atoms with Gasteiger partial charge in [-0.1, -0.05) is 24.3 Å². The summed E-state index contributed by atoms with van der Waals surface area (Å²) in [5.74, 6) is 0. The Hall–Kier alpha value is -2.13. The molecule has 0 aliphatic heterocycles. The van der Waals surface area contributed by atoms with Crippen LogP contribution in [0.15, 0.2) is 53.4 Å². The highest BCUT2D eigenvalue weighted by Crippen LogP contribution is 2.40. The Balaban J connectivity index is 2.11. The minimum absolute atomic E-state index is 0.126. The molecule has 6 heteroatoms. The molecule has 21 heavy (non-hydrogen) atoms. The average Bonchev–Trinajstić information content (AvgIpc) is 2.45. The number of para-hydroxylation sites is 1.